The molecular weight excluding hydrogens is 502 g/mol. The van der Waals surface area contributed by atoms with Gasteiger partial charge in [0, 0.05) is 35.3 Å². The van der Waals surface area contributed by atoms with Crippen molar-refractivity contribution in [2.75, 3.05) is 14.2 Å². The lowest BCUT2D eigenvalue weighted by atomic mass is 10.2. The van der Waals surface area contributed by atoms with Crippen molar-refractivity contribution >= 4 is 33.7 Å². The summed E-state index contributed by atoms with van der Waals surface area (Å²) in [5.41, 5.74) is 13.1. The lowest BCUT2D eigenvalue weighted by molar-refractivity contribution is -0.146. The Morgan fingerprint density at radius 3 is 1.55 bits per heavy atom. The average molecular weight is 529 g/mol. The summed E-state index contributed by atoms with van der Waals surface area (Å²) in [4.78, 5) is 24.3. The molecule has 0 amide bonds. The fourth-order valence-electron chi connectivity index (χ4n) is 4.08. The third-order valence-electron chi connectivity index (χ3n) is 5.70. The zero-order valence-electron chi connectivity index (χ0n) is 20.6. The Balaban J connectivity index is 1.31. The molecule has 0 bridgehead atoms. The van der Waals surface area contributed by atoms with Gasteiger partial charge >= 0.3 is 11.9 Å². The van der Waals surface area contributed by atoms with Gasteiger partial charge in [-0.15, -0.1) is 0 Å². The Morgan fingerprint density at radius 2 is 1.18 bits per heavy atom. The molecule has 2 atom stereocenters. The molecule has 38 heavy (non-hydrogen) atoms. The molecule has 0 saturated heterocycles. The number of hydrogen-bond donors (Lipinski definition) is 2. The Bertz CT molecular complexity index is 1400. The Morgan fingerprint density at radius 1 is 0.789 bits per heavy atom. The smallest absolute Gasteiger partial charge is 0.332 e. The van der Waals surface area contributed by atoms with Crippen LogP contribution in [0.1, 0.15) is 0 Å². The quantitative estimate of drug-likeness (QED) is 0.182. The highest BCUT2D eigenvalue weighted by molar-refractivity contribution is 5.92. The second-order valence-corrected chi connectivity index (χ2v) is 8.31. The number of rotatable bonds is 10. The highest BCUT2D eigenvalue weighted by Crippen LogP contribution is 2.30. The van der Waals surface area contributed by atoms with Gasteiger partial charge in [0.05, 0.1) is 38.3 Å². The lowest BCUT2D eigenvalue weighted by Gasteiger charge is -2.14. The second kappa shape index (κ2) is 11.3. The Labute approximate surface area is 215 Å². The fraction of sp³-hybridized carbons (Fsp3) is 0.231. The molecule has 12 heteroatoms. The summed E-state index contributed by atoms with van der Waals surface area (Å²) in [6, 6.07) is 8.37. The molecule has 0 aliphatic rings. The van der Waals surface area contributed by atoms with Crippen LogP contribution in [0, 0.1) is 11.6 Å². The first-order chi connectivity index (χ1) is 18.2. The monoisotopic (exact) mass is 528 g/mol. The summed E-state index contributed by atoms with van der Waals surface area (Å²) in [6.45, 7) is 0.108. The maximum atomic E-state index is 13.6. The standard InChI is InChI=1S/C26H26F2N4O6/c1-35-21-11-31(19-5-3-15(27)9-17(19)21)13-23(29)37-25(33)7-8-26(34)38-24(30)14-32-12-22(36-2)18-10-16(28)4-6-20(18)32/h3-12,23-24H,13-14,29-30H2,1-2H3/b8-7+. The largest absolute Gasteiger partial charge is 0.495 e. The number of methoxy groups -OCH3 is 2. The van der Waals surface area contributed by atoms with Crippen molar-refractivity contribution in [2.24, 2.45) is 11.5 Å². The van der Waals surface area contributed by atoms with Crippen LogP contribution in [-0.2, 0) is 32.2 Å². The van der Waals surface area contributed by atoms with E-state index in [1.807, 2.05) is 0 Å². The number of esters is 2. The van der Waals surface area contributed by atoms with Crippen LogP contribution in [0.5, 0.6) is 11.5 Å². The minimum atomic E-state index is -1.07. The number of aromatic nitrogens is 2. The molecule has 0 aliphatic heterocycles. The maximum Gasteiger partial charge on any atom is 0.332 e. The number of halogens is 2. The van der Waals surface area contributed by atoms with E-state index in [1.54, 1.807) is 33.7 Å². The van der Waals surface area contributed by atoms with E-state index in [1.165, 1.54) is 38.5 Å². The zero-order chi connectivity index (χ0) is 27.4. The summed E-state index contributed by atoms with van der Waals surface area (Å²) in [6.07, 6.45) is 2.83. The lowest BCUT2D eigenvalue weighted by Crippen LogP contribution is -2.32. The van der Waals surface area contributed by atoms with Crippen molar-refractivity contribution in [1.82, 2.24) is 9.13 Å². The number of fused-ring (bicyclic) bond motifs is 2. The molecule has 2 unspecified atom stereocenters. The summed E-state index contributed by atoms with van der Waals surface area (Å²) in [5, 5.41) is 1.09. The number of benzene rings is 2. The van der Waals surface area contributed by atoms with Gasteiger partial charge < -0.3 is 28.1 Å². The van der Waals surface area contributed by atoms with Crippen LogP contribution in [0.4, 0.5) is 8.78 Å². The van der Waals surface area contributed by atoms with E-state index in [9.17, 15) is 18.4 Å². The normalized spacial score (nSPS) is 13.1. The van der Waals surface area contributed by atoms with Gasteiger partial charge in [-0.05, 0) is 36.4 Å². The molecule has 2 aromatic heterocycles. The topological polar surface area (TPSA) is 133 Å². The first-order valence-corrected chi connectivity index (χ1v) is 11.4. The van der Waals surface area contributed by atoms with Crippen LogP contribution in [0.3, 0.4) is 0 Å². The molecule has 10 nitrogen and oxygen atoms in total. The SMILES string of the molecule is COc1cn(CC(N)OC(=O)/C=C/C(=O)OC(N)Cn2cc(OC)c3cc(F)ccc32)c2ccc(F)cc12. The number of nitrogens with zero attached hydrogens (tertiary/aromatic N) is 2. The van der Waals surface area contributed by atoms with E-state index >= 15 is 0 Å². The molecule has 200 valence electrons. The van der Waals surface area contributed by atoms with Gasteiger partial charge in [-0.3, -0.25) is 11.5 Å². The predicted octanol–water partition coefficient (Wildman–Crippen LogP) is 2.80. The van der Waals surface area contributed by atoms with Gasteiger partial charge in [0.25, 0.3) is 0 Å². The van der Waals surface area contributed by atoms with E-state index < -0.39 is 36.0 Å². The number of nitrogens with two attached hydrogens (primary N) is 2. The third-order valence-corrected chi connectivity index (χ3v) is 5.70. The molecule has 4 aromatic rings. The molecule has 4 rings (SSSR count). The minimum absolute atomic E-state index is 0.0541. The number of carbonyl (C=O) groups is 2. The van der Waals surface area contributed by atoms with E-state index in [2.05, 4.69) is 0 Å². The molecule has 0 saturated carbocycles. The molecule has 0 fully saturated rings. The molecule has 4 N–H and O–H groups in total. The maximum absolute atomic E-state index is 13.6. The van der Waals surface area contributed by atoms with Crippen LogP contribution in [0.15, 0.2) is 60.9 Å². The van der Waals surface area contributed by atoms with Crippen LogP contribution < -0.4 is 20.9 Å². The Kier molecular flexibility index (Phi) is 7.93. The predicted molar refractivity (Wildman–Crippen MR) is 134 cm³/mol. The Hall–Kier alpha value is -4.42. The number of hydrogen-bond acceptors (Lipinski definition) is 8. The summed E-state index contributed by atoms with van der Waals surface area (Å²) in [5.74, 6) is -1.71. The highest BCUT2D eigenvalue weighted by atomic mass is 19.1. The van der Waals surface area contributed by atoms with Crippen molar-refractivity contribution in [3.05, 3.63) is 72.6 Å². The molecular formula is C26H26F2N4O6. The number of ether oxygens (including phenoxy) is 4. The zero-order valence-corrected chi connectivity index (χ0v) is 20.6. The fourth-order valence-corrected chi connectivity index (χ4v) is 4.08. The molecule has 0 radical (unpaired) electrons. The first-order valence-electron chi connectivity index (χ1n) is 11.4. The van der Waals surface area contributed by atoms with Gasteiger partial charge in [0.1, 0.15) is 23.1 Å². The molecule has 0 spiro atoms. The van der Waals surface area contributed by atoms with Gasteiger partial charge in [-0.25, -0.2) is 18.4 Å². The minimum Gasteiger partial charge on any atom is -0.495 e. The van der Waals surface area contributed by atoms with E-state index in [4.69, 9.17) is 30.4 Å². The van der Waals surface area contributed by atoms with E-state index in [0.29, 0.717) is 33.3 Å². The second-order valence-electron chi connectivity index (χ2n) is 8.31. The van der Waals surface area contributed by atoms with Crippen molar-refractivity contribution in [2.45, 2.75) is 25.5 Å². The highest BCUT2D eigenvalue weighted by Gasteiger charge is 2.16. The van der Waals surface area contributed by atoms with Crippen molar-refractivity contribution < 1.29 is 37.3 Å². The molecule has 2 aromatic carbocycles. The van der Waals surface area contributed by atoms with Crippen LogP contribution in [-0.4, -0.2) is 47.7 Å². The van der Waals surface area contributed by atoms with Crippen LogP contribution in [0.25, 0.3) is 21.8 Å². The van der Waals surface area contributed by atoms with Gasteiger partial charge in [-0.2, -0.15) is 0 Å². The number of carbonyl (C=O) groups excluding carboxylic acids is 2. The summed E-state index contributed by atoms with van der Waals surface area (Å²) in [7, 11) is 2.91. The van der Waals surface area contributed by atoms with E-state index in [0.717, 1.165) is 12.2 Å². The average Bonchev–Trinajstić information content (AvgIpc) is 3.39. The first kappa shape index (κ1) is 26.6. The molecule has 2 heterocycles. The van der Waals surface area contributed by atoms with Crippen molar-refractivity contribution in [1.29, 1.82) is 0 Å². The third kappa shape index (κ3) is 5.93. The van der Waals surface area contributed by atoms with Gasteiger partial charge in [0.2, 0.25) is 0 Å². The molecule has 0 aliphatic carbocycles. The van der Waals surface area contributed by atoms with Crippen molar-refractivity contribution in [3.63, 3.8) is 0 Å². The van der Waals surface area contributed by atoms with Gasteiger partial charge in [-0.1, -0.05) is 0 Å². The van der Waals surface area contributed by atoms with Crippen LogP contribution in [0.2, 0.25) is 0 Å². The van der Waals surface area contributed by atoms with Crippen LogP contribution >= 0.6 is 0 Å². The summed E-state index contributed by atoms with van der Waals surface area (Å²) < 4.78 is 51.3. The summed E-state index contributed by atoms with van der Waals surface area (Å²) >= 11 is 0. The van der Waals surface area contributed by atoms with Gasteiger partial charge in [0.15, 0.2) is 12.5 Å². The van der Waals surface area contributed by atoms with Crippen molar-refractivity contribution in [3.8, 4) is 11.5 Å². The van der Waals surface area contributed by atoms with E-state index in [-0.39, 0.29) is 13.1 Å².